The lowest BCUT2D eigenvalue weighted by Gasteiger charge is -1.99. The number of thiophene rings is 2. The van der Waals surface area contributed by atoms with Crippen molar-refractivity contribution in [2.45, 2.75) is 13.0 Å². The number of methoxy groups -OCH3 is 1. The van der Waals surface area contributed by atoms with E-state index in [1.807, 2.05) is 23.6 Å². The summed E-state index contributed by atoms with van der Waals surface area (Å²) in [6, 6.07) is 10.7. The molecule has 3 aromatic heterocycles. The molecule has 0 spiro atoms. The molecule has 0 saturated heterocycles. The smallest absolute Gasteiger partial charge is 0.185 e. The summed E-state index contributed by atoms with van der Waals surface area (Å²) in [6.45, 7) is 0.429. The van der Waals surface area contributed by atoms with E-state index in [0.29, 0.717) is 24.3 Å². The van der Waals surface area contributed by atoms with E-state index < -0.39 is 0 Å². The third-order valence-electron chi connectivity index (χ3n) is 3.99. The molecule has 4 rings (SSSR count). The standard InChI is InChI=1S/C19H15FN4OS2/c1-25-16-6-7-26-17(16)10-23-24-18-14-9-13(27-19(14)22-11-21-18)8-12-4-2-3-5-15(12)20/h2-7,9,11H,8,10H2,1H3. The second-order valence-electron chi connectivity index (χ2n) is 5.71. The molecule has 0 aliphatic rings. The zero-order chi connectivity index (χ0) is 18.6. The summed E-state index contributed by atoms with van der Waals surface area (Å²) in [5, 5.41) is 11.3. The number of halogens is 1. The van der Waals surface area contributed by atoms with Gasteiger partial charge in [0.15, 0.2) is 5.82 Å². The van der Waals surface area contributed by atoms with E-state index >= 15 is 0 Å². The van der Waals surface area contributed by atoms with Crippen LogP contribution < -0.4 is 4.74 Å². The number of hydrogen-bond donors (Lipinski definition) is 0. The molecule has 1 aromatic carbocycles. The Morgan fingerprint density at radius 2 is 2.07 bits per heavy atom. The number of rotatable bonds is 6. The fraction of sp³-hybridized carbons (Fsp3) is 0.158. The molecule has 4 aromatic rings. The van der Waals surface area contributed by atoms with Crippen LogP contribution in [0.1, 0.15) is 15.3 Å². The predicted octanol–water partition coefficient (Wildman–Crippen LogP) is 5.78. The molecule has 136 valence electrons. The van der Waals surface area contributed by atoms with Gasteiger partial charge in [-0.1, -0.05) is 18.2 Å². The van der Waals surface area contributed by atoms with Crippen molar-refractivity contribution >= 4 is 38.7 Å². The molecule has 0 atom stereocenters. The lowest BCUT2D eigenvalue weighted by atomic mass is 10.1. The van der Waals surface area contributed by atoms with Gasteiger partial charge in [0.2, 0.25) is 0 Å². The van der Waals surface area contributed by atoms with Crippen LogP contribution in [0.5, 0.6) is 5.75 Å². The maximum atomic E-state index is 13.9. The van der Waals surface area contributed by atoms with E-state index in [-0.39, 0.29) is 5.82 Å². The molecule has 0 radical (unpaired) electrons. The molecule has 0 unspecified atom stereocenters. The van der Waals surface area contributed by atoms with Gasteiger partial charge in [0.25, 0.3) is 0 Å². The molecule has 0 aliphatic carbocycles. The molecule has 0 saturated carbocycles. The van der Waals surface area contributed by atoms with Crippen LogP contribution in [0, 0.1) is 5.82 Å². The second kappa shape index (κ2) is 7.89. The zero-order valence-corrected chi connectivity index (χ0v) is 16.1. The third-order valence-corrected chi connectivity index (χ3v) is 5.92. The summed E-state index contributed by atoms with van der Waals surface area (Å²) >= 11 is 3.09. The fourth-order valence-corrected chi connectivity index (χ4v) is 4.45. The summed E-state index contributed by atoms with van der Waals surface area (Å²) in [5.74, 6) is 1.13. The molecule has 27 heavy (non-hydrogen) atoms. The fourth-order valence-electron chi connectivity index (χ4n) is 2.68. The first-order valence-electron chi connectivity index (χ1n) is 8.19. The minimum atomic E-state index is -0.203. The molecule has 8 heteroatoms. The van der Waals surface area contributed by atoms with Crippen molar-refractivity contribution in [3.8, 4) is 5.75 Å². The van der Waals surface area contributed by atoms with Crippen molar-refractivity contribution in [3.05, 3.63) is 69.2 Å². The highest BCUT2D eigenvalue weighted by atomic mass is 32.1. The van der Waals surface area contributed by atoms with Crippen LogP contribution in [0.2, 0.25) is 0 Å². The Hall–Kier alpha value is -2.71. The topological polar surface area (TPSA) is 59.7 Å². The molecule has 5 nitrogen and oxygen atoms in total. The van der Waals surface area contributed by atoms with Crippen LogP contribution >= 0.6 is 22.7 Å². The van der Waals surface area contributed by atoms with Crippen molar-refractivity contribution in [2.24, 2.45) is 10.2 Å². The normalized spacial score (nSPS) is 11.5. The van der Waals surface area contributed by atoms with Crippen LogP contribution in [-0.2, 0) is 13.0 Å². The van der Waals surface area contributed by atoms with Crippen LogP contribution in [0.25, 0.3) is 10.2 Å². The number of fused-ring (bicyclic) bond motifs is 1. The highest BCUT2D eigenvalue weighted by Crippen LogP contribution is 2.32. The Balaban J connectivity index is 1.58. The molecular formula is C19H15FN4OS2. The van der Waals surface area contributed by atoms with Gasteiger partial charge in [-0.2, -0.15) is 5.11 Å². The summed E-state index contributed by atoms with van der Waals surface area (Å²) in [7, 11) is 1.64. The van der Waals surface area contributed by atoms with Crippen molar-refractivity contribution in [2.75, 3.05) is 7.11 Å². The molecule has 0 N–H and O–H groups in total. The van der Waals surface area contributed by atoms with Crippen LogP contribution in [0.3, 0.4) is 0 Å². The molecular weight excluding hydrogens is 383 g/mol. The van der Waals surface area contributed by atoms with Gasteiger partial charge in [0.05, 0.1) is 23.9 Å². The maximum absolute atomic E-state index is 13.9. The van der Waals surface area contributed by atoms with Crippen LogP contribution in [0.15, 0.2) is 58.3 Å². The van der Waals surface area contributed by atoms with Gasteiger partial charge in [0, 0.05) is 11.3 Å². The molecule has 0 amide bonds. The first-order valence-corrected chi connectivity index (χ1v) is 9.89. The van der Waals surface area contributed by atoms with Gasteiger partial charge in [-0.15, -0.1) is 27.8 Å². The van der Waals surface area contributed by atoms with Gasteiger partial charge in [-0.25, -0.2) is 14.4 Å². The lowest BCUT2D eigenvalue weighted by molar-refractivity contribution is 0.412. The van der Waals surface area contributed by atoms with Crippen molar-refractivity contribution in [3.63, 3.8) is 0 Å². The molecule has 0 fully saturated rings. The number of ether oxygens (including phenoxy) is 1. The third kappa shape index (κ3) is 3.86. The van der Waals surface area contributed by atoms with Crippen LogP contribution in [-0.4, -0.2) is 17.1 Å². The van der Waals surface area contributed by atoms with Crippen molar-refractivity contribution < 1.29 is 9.13 Å². The van der Waals surface area contributed by atoms with Gasteiger partial charge >= 0.3 is 0 Å². The average Bonchev–Trinajstić information content (AvgIpc) is 3.30. The molecule has 0 aliphatic heterocycles. The first-order chi connectivity index (χ1) is 13.2. The Labute approximate surface area is 163 Å². The number of hydrogen-bond acceptors (Lipinski definition) is 7. The van der Waals surface area contributed by atoms with Gasteiger partial charge < -0.3 is 4.74 Å². The number of benzene rings is 1. The SMILES string of the molecule is COc1ccsc1CN=Nc1ncnc2sc(Cc3ccccc3F)cc12. The first kappa shape index (κ1) is 17.7. The quantitative estimate of drug-likeness (QED) is 0.387. The summed E-state index contributed by atoms with van der Waals surface area (Å²) < 4.78 is 19.2. The maximum Gasteiger partial charge on any atom is 0.185 e. The number of nitrogens with zero attached hydrogens (tertiary/aromatic N) is 4. The lowest BCUT2D eigenvalue weighted by Crippen LogP contribution is -1.88. The van der Waals surface area contributed by atoms with E-state index in [0.717, 1.165) is 25.7 Å². The van der Waals surface area contributed by atoms with Gasteiger partial charge in [0.1, 0.15) is 22.7 Å². The van der Waals surface area contributed by atoms with Crippen LogP contribution in [0.4, 0.5) is 10.2 Å². The molecule has 0 bridgehead atoms. The van der Waals surface area contributed by atoms with Crippen molar-refractivity contribution in [1.29, 1.82) is 0 Å². The highest BCUT2D eigenvalue weighted by molar-refractivity contribution is 7.18. The Kier molecular flexibility index (Phi) is 5.17. The summed E-state index contributed by atoms with van der Waals surface area (Å²) in [6.07, 6.45) is 1.99. The Bertz CT molecular complexity index is 1110. The predicted molar refractivity (Wildman–Crippen MR) is 106 cm³/mol. The minimum absolute atomic E-state index is 0.203. The number of azo groups is 1. The van der Waals surface area contributed by atoms with Crippen molar-refractivity contribution in [1.82, 2.24) is 9.97 Å². The summed E-state index contributed by atoms with van der Waals surface area (Å²) in [4.78, 5) is 11.4. The second-order valence-corrected chi connectivity index (χ2v) is 7.82. The Morgan fingerprint density at radius 3 is 2.93 bits per heavy atom. The summed E-state index contributed by atoms with van der Waals surface area (Å²) in [5.41, 5.74) is 0.657. The largest absolute Gasteiger partial charge is 0.496 e. The number of aromatic nitrogens is 2. The van der Waals surface area contributed by atoms with Gasteiger partial charge in [-0.05, 0) is 29.1 Å². The Morgan fingerprint density at radius 1 is 1.19 bits per heavy atom. The van der Waals surface area contributed by atoms with E-state index in [2.05, 4.69) is 20.2 Å². The highest BCUT2D eigenvalue weighted by Gasteiger charge is 2.11. The van der Waals surface area contributed by atoms with E-state index in [1.54, 1.807) is 30.6 Å². The average molecular weight is 398 g/mol. The molecule has 3 heterocycles. The van der Waals surface area contributed by atoms with Gasteiger partial charge in [-0.3, -0.25) is 0 Å². The monoisotopic (exact) mass is 398 g/mol. The zero-order valence-electron chi connectivity index (χ0n) is 14.4. The van der Waals surface area contributed by atoms with E-state index in [1.165, 1.54) is 23.7 Å². The van der Waals surface area contributed by atoms with E-state index in [4.69, 9.17) is 4.74 Å². The van der Waals surface area contributed by atoms with E-state index in [9.17, 15) is 4.39 Å². The minimum Gasteiger partial charge on any atom is -0.496 e.